The molecule has 0 saturated carbocycles. The van der Waals surface area contributed by atoms with Crippen molar-refractivity contribution < 1.29 is 0 Å². The van der Waals surface area contributed by atoms with Crippen molar-refractivity contribution in [3.63, 3.8) is 0 Å². The number of benzene rings is 2. The predicted molar refractivity (Wildman–Crippen MR) is 84.9 cm³/mol. The lowest BCUT2D eigenvalue weighted by Gasteiger charge is -1.98. The van der Waals surface area contributed by atoms with Gasteiger partial charge in [-0.05, 0) is 30.2 Å². The smallest absolute Gasteiger partial charge is 0.151 e. The first-order valence-corrected chi connectivity index (χ1v) is 7.94. The number of anilines is 1. The van der Waals surface area contributed by atoms with Crippen LogP contribution in [0.3, 0.4) is 0 Å². The summed E-state index contributed by atoms with van der Waals surface area (Å²) < 4.78 is 2.29. The molecular formula is C15H14N2S2. The van der Waals surface area contributed by atoms with Crippen molar-refractivity contribution in [2.45, 2.75) is 10.8 Å². The Labute approximate surface area is 120 Å². The normalized spacial score (nSPS) is 10.9. The van der Waals surface area contributed by atoms with Crippen LogP contribution in [0.5, 0.6) is 0 Å². The minimum Gasteiger partial charge on any atom is -0.399 e. The summed E-state index contributed by atoms with van der Waals surface area (Å²) in [5, 5.41) is 0. The molecule has 1 heterocycles. The van der Waals surface area contributed by atoms with Crippen LogP contribution in [0, 0.1) is 0 Å². The van der Waals surface area contributed by atoms with Crippen LogP contribution < -0.4 is 5.73 Å². The van der Waals surface area contributed by atoms with E-state index in [1.807, 2.05) is 30.0 Å². The van der Waals surface area contributed by atoms with E-state index in [0.717, 1.165) is 27.7 Å². The van der Waals surface area contributed by atoms with Gasteiger partial charge < -0.3 is 5.73 Å². The molecule has 0 aliphatic carbocycles. The zero-order valence-electron chi connectivity index (χ0n) is 10.4. The summed E-state index contributed by atoms with van der Waals surface area (Å²) in [7, 11) is 0. The van der Waals surface area contributed by atoms with Gasteiger partial charge in [0.25, 0.3) is 0 Å². The van der Waals surface area contributed by atoms with E-state index in [9.17, 15) is 0 Å². The van der Waals surface area contributed by atoms with Crippen LogP contribution >= 0.6 is 23.1 Å². The number of nitrogens with zero attached hydrogens (tertiary/aromatic N) is 1. The first-order chi connectivity index (χ1) is 9.31. The lowest BCUT2D eigenvalue weighted by molar-refractivity contribution is 1.15. The van der Waals surface area contributed by atoms with Gasteiger partial charge in [0.05, 0.1) is 10.2 Å². The topological polar surface area (TPSA) is 38.9 Å². The van der Waals surface area contributed by atoms with Crippen LogP contribution in [0.4, 0.5) is 5.69 Å². The molecule has 0 unspecified atom stereocenters. The second kappa shape index (κ2) is 5.63. The van der Waals surface area contributed by atoms with Crippen LogP contribution in [-0.4, -0.2) is 10.7 Å². The van der Waals surface area contributed by atoms with Gasteiger partial charge >= 0.3 is 0 Å². The monoisotopic (exact) mass is 286 g/mol. The van der Waals surface area contributed by atoms with Crippen LogP contribution in [0.2, 0.25) is 0 Å². The van der Waals surface area contributed by atoms with E-state index in [1.54, 1.807) is 11.3 Å². The van der Waals surface area contributed by atoms with Crippen molar-refractivity contribution in [3.8, 4) is 0 Å². The van der Waals surface area contributed by atoms with E-state index in [-0.39, 0.29) is 0 Å². The van der Waals surface area contributed by atoms with E-state index < -0.39 is 0 Å². The number of aromatic nitrogens is 1. The van der Waals surface area contributed by atoms with E-state index in [4.69, 9.17) is 5.73 Å². The number of hydrogen-bond acceptors (Lipinski definition) is 4. The van der Waals surface area contributed by atoms with Crippen LogP contribution in [0.15, 0.2) is 52.9 Å². The minimum atomic E-state index is 0.803. The van der Waals surface area contributed by atoms with Crippen molar-refractivity contribution in [3.05, 3.63) is 54.1 Å². The number of rotatable bonds is 4. The molecule has 2 aromatic carbocycles. The molecule has 0 bridgehead atoms. The van der Waals surface area contributed by atoms with Crippen molar-refractivity contribution >= 4 is 39.0 Å². The molecular weight excluding hydrogens is 272 g/mol. The lowest BCUT2D eigenvalue weighted by Crippen LogP contribution is -1.87. The molecule has 1 aromatic heterocycles. The second-order valence-electron chi connectivity index (χ2n) is 4.29. The highest BCUT2D eigenvalue weighted by Crippen LogP contribution is 2.30. The Morgan fingerprint density at radius 3 is 2.79 bits per heavy atom. The Morgan fingerprint density at radius 1 is 1.11 bits per heavy atom. The molecule has 0 spiro atoms. The Kier molecular flexibility index (Phi) is 3.71. The van der Waals surface area contributed by atoms with Gasteiger partial charge in [0.15, 0.2) is 4.34 Å². The predicted octanol–water partition coefficient (Wildman–Crippen LogP) is 4.21. The second-order valence-corrected chi connectivity index (χ2v) is 6.66. The first-order valence-electron chi connectivity index (χ1n) is 6.14. The van der Waals surface area contributed by atoms with E-state index in [2.05, 4.69) is 35.3 Å². The molecule has 0 saturated heterocycles. The average molecular weight is 286 g/mol. The summed E-state index contributed by atoms with van der Waals surface area (Å²) in [6, 6.07) is 16.4. The number of aryl methyl sites for hydroxylation is 1. The molecule has 3 rings (SSSR count). The van der Waals surface area contributed by atoms with Gasteiger partial charge in [0.1, 0.15) is 0 Å². The van der Waals surface area contributed by atoms with Gasteiger partial charge in [0.2, 0.25) is 0 Å². The van der Waals surface area contributed by atoms with Crippen molar-refractivity contribution in [1.29, 1.82) is 0 Å². The Morgan fingerprint density at radius 2 is 1.95 bits per heavy atom. The van der Waals surface area contributed by atoms with E-state index >= 15 is 0 Å². The number of thioether (sulfide) groups is 1. The number of nitrogen functional groups attached to an aromatic ring is 1. The summed E-state index contributed by atoms with van der Waals surface area (Å²) in [5.74, 6) is 1.05. The fourth-order valence-corrected chi connectivity index (χ4v) is 4.06. The van der Waals surface area contributed by atoms with Crippen molar-refractivity contribution in [2.75, 3.05) is 11.5 Å². The molecule has 0 amide bonds. The zero-order chi connectivity index (χ0) is 13.1. The quantitative estimate of drug-likeness (QED) is 0.576. The molecule has 4 heteroatoms. The van der Waals surface area contributed by atoms with Gasteiger partial charge in [-0.1, -0.05) is 42.1 Å². The molecule has 0 aliphatic rings. The van der Waals surface area contributed by atoms with Gasteiger partial charge in [-0.15, -0.1) is 11.3 Å². The van der Waals surface area contributed by atoms with Gasteiger partial charge in [-0.25, -0.2) is 4.98 Å². The Hall–Kier alpha value is -1.52. The summed E-state index contributed by atoms with van der Waals surface area (Å²) in [6.45, 7) is 0. The molecule has 96 valence electrons. The summed E-state index contributed by atoms with van der Waals surface area (Å²) >= 11 is 3.53. The Balaban J connectivity index is 1.65. The molecule has 3 aromatic rings. The number of hydrogen-bond donors (Lipinski definition) is 1. The minimum absolute atomic E-state index is 0.803. The number of fused-ring (bicyclic) bond motifs is 1. The van der Waals surface area contributed by atoms with E-state index in [0.29, 0.717) is 0 Å². The lowest BCUT2D eigenvalue weighted by atomic mass is 10.2. The third-order valence-electron chi connectivity index (χ3n) is 2.85. The van der Waals surface area contributed by atoms with E-state index in [1.165, 1.54) is 10.3 Å². The van der Waals surface area contributed by atoms with Gasteiger partial charge in [0, 0.05) is 11.4 Å². The number of nitrogens with two attached hydrogens (primary N) is 1. The third kappa shape index (κ3) is 3.08. The third-order valence-corrected chi connectivity index (χ3v) is 5.01. The molecule has 2 nitrogen and oxygen atoms in total. The van der Waals surface area contributed by atoms with Crippen LogP contribution in [0.1, 0.15) is 5.56 Å². The molecule has 0 radical (unpaired) electrons. The molecule has 19 heavy (non-hydrogen) atoms. The van der Waals surface area contributed by atoms with Gasteiger partial charge in [-0.3, -0.25) is 0 Å². The highest BCUT2D eigenvalue weighted by Gasteiger charge is 2.04. The average Bonchev–Trinajstić information content (AvgIpc) is 2.82. The summed E-state index contributed by atoms with van der Waals surface area (Å²) in [4.78, 5) is 4.61. The van der Waals surface area contributed by atoms with Crippen molar-refractivity contribution in [2.24, 2.45) is 0 Å². The molecule has 0 aliphatic heterocycles. The highest BCUT2D eigenvalue weighted by atomic mass is 32.2. The fourth-order valence-electron chi connectivity index (χ4n) is 1.88. The van der Waals surface area contributed by atoms with Crippen LogP contribution in [0.25, 0.3) is 10.2 Å². The summed E-state index contributed by atoms with van der Waals surface area (Å²) in [6.07, 6.45) is 1.07. The molecule has 0 atom stereocenters. The zero-order valence-corrected chi connectivity index (χ0v) is 12.0. The SMILES string of the molecule is Nc1ccc2nc(SCCc3ccccc3)sc2c1. The highest BCUT2D eigenvalue weighted by molar-refractivity contribution is 8.01. The maximum atomic E-state index is 5.78. The Bertz CT molecular complexity index is 677. The maximum absolute atomic E-state index is 5.78. The van der Waals surface area contributed by atoms with Crippen molar-refractivity contribution in [1.82, 2.24) is 4.98 Å². The van der Waals surface area contributed by atoms with Gasteiger partial charge in [-0.2, -0.15) is 0 Å². The van der Waals surface area contributed by atoms with Crippen LogP contribution in [-0.2, 0) is 6.42 Å². The maximum Gasteiger partial charge on any atom is 0.151 e. The first kappa shape index (κ1) is 12.5. The number of thiazole rings is 1. The fraction of sp³-hybridized carbons (Fsp3) is 0.133. The molecule has 0 fully saturated rings. The standard InChI is InChI=1S/C15H14N2S2/c16-12-6-7-13-14(10-12)19-15(17-13)18-9-8-11-4-2-1-3-5-11/h1-7,10H,8-9,16H2. The summed E-state index contributed by atoms with van der Waals surface area (Å²) in [5.41, 5.74) is 9.00. The largest absolute Gasteiger partial charge is 0.399 e. The molecule has 2 N–H and O–H groups in total.